The molecule has 2 N–H and O–H groups in total. The standard InChI is InChI=1S/C36H62N4O6/c1-13-21(3)15-27-28(32(44)38(31(27)43)25-19-35(9,10)40(46)36(11,12)20-25)23(14-2)16-26-22(4)29(41)37(30(26)42)24-17-33(5,6)39(45)34(7,8)18-24/h21-28,45-46H,13-20H2,1-12H3. The summed E-state index contributed by atoms with van der Waals surface area (Å²) in [7, 11) is 0. The van der Waals surface area contributed by atoms with Gasteiger partial charge in [0.25, 0.3) is 0 Å². The van der Waals surface area contributed by atoms with Gasteiger partial charge in [-0.15, -0.1) is 0 Å². The van der Waals surface area contributed by atoms with Crippen molar-refractivity contribution in [3.05, 3.63) is 0 Å². The second-order valence-corrected chi connectivity index (χ2v) is 17.8. The van der Waals surface area contributed by atoms with Crippen LogP contribution in [0.3, 0.4) is 0 Å². The highest BCUT2D eigenvalue weighted by Gasteiger charge is 2.58. The second-order valence-electron chi connectivity index (χ2n) is 17.8. The van der Waals surface area contributed by atoms with E-state index in [1.54, 1.807) is 0 Å². The first-order valence-electron chi connectivity index (χ1n) is 17.7. The third-order valence-corrected chi connectivity index (χ3v) is 12.2. The molecule has 46 heavy (non-hydrogen) atoms. The van der Waals surface area contributed by atoms with Crippen LogP contribution < -0.4 is 0 Å². The van der Waals surface area contributed by atoms with Crippen LogP contribution in [-0.4, -0.2) is 88.2 Å². The van der Waals surface area contributed by atoms with E-state index in [2.05, 4.69) is 13.8 Å². The molecule has 4 fully saturated rings. The molecule has 0 radical (unpaired) electrons. The van der Waals surface area contributed by atoms with Crippen molar-refractivity contribution in [2.24, 2.45) is 35.5 Å². The van der Waals surface area contributed by atoms with Gasteiger partial charge in [-0.1, -0.05) is 40.5 Å². The SMILES string of the molecule is CCC(C)CC1C(=O)N(C2CC(C)(C)N(O)C(C)(C)C2)C(=O)C1C(CC)CC1C(=O)N(C2CC(C)(C)N(O)C(C)(C)C2)C(=O)C1C. The quantitative estimate of drug-likeness (QED) is 0.298. The first-order chi connectivity index (χ1) is 21.0. The molecule has 6 unspecified atom stereocenters. The van der Waals surface area contributed by atoms with Crippen LogP contribution in [0.4, 0.5) is 0 Å². The number of hydrogen-bond acceptors (Lipinski definition) is 8. The average Bonchev–Trinajstić information content (AvgIpc) is 3.30. The van der Waals surface area contributed by atoms with E-state index in [1.165, 1.54) is 19.9 Å². The maximum atomic E-state index is 14.5. The Morgan fingerprint density at radius 1 is 0.630 bits per heavy atom. The molecule has 0 aromatic rings. The molecular formula is C36H62N4O6. The zero-order valence-electron chi connectivity index (χ0n) is 30.6. The largest absolute Gasteiger partial charge is 0.313 e. The fourth-order valence-electron chi connectivity index (χ4n) is 9.76. The van der Waals surface area contributed by atoms with Crippen molar-refractivity contribution >= 4 is 23.6 Å². The highest BCUT2D eigenvalue weighted by Crippen LogP contribution is 2.48. The summed E-state index contributed by atoms with van der Waals surface area (Å²) in [6, 6.07) is -0.656. The molecule has 4 aliphatic heterocycles. The van der Waals surface area contributed by atoms with Crippen molar-refractivity contribution in [3.63, 3.8) is 0 Å². The van der Waals surface area contributed by atoms with Crippen LogP contribution in [0.2, 0.25) is 0 Å². The van der Waals surface area contributed by atoms with Gasteiger partial charge in [0, 0.05) is 40.2 Å². The van der Waals surface area contributed by atoms with E-state index in [0.29, 0.717) is 44.9 Å². The first kappa shape index (κ1) is 36.9. The molecule has 0 bridgehead atoms. The monoisotopic (exact) mass is 646 g/mol. The predicted octanol–water partition coefficient (Wildman–Crippen LogP) is 5.88. The van der Waals surface area contributed by atoms with Gasteiger partial charge in [0.1, 0.15) is 0 Å². The number of carbonyl (C=O) groups is 4. The number of imide groups is 2. The van der Waals surface area contributed by atoms with Crippen LogP contribution in [0.1, 0.15) is 134 Å². The van der Waals surface area contributed by atoms with Crippen LogP contribution >= 0.6 is 0 Å². The minimum absolute atomic E-state index is 0.125. The minimum atomic E-state index is -0.619. The number of carbonyl (C=O) groups excluding carboxylic acids is 4. The molecule has 0 saturated carbocycles. The van der Waals surface area contributed by atoms with Crippen LogP contribution in [0.5, 0.6) is 0 Å². The summed E-state index contributed by atoms with van der Waals surface area (Å²) in [6.45, 7) is 23.5. The fourth-order valence-corrected chi connectivity index (χ4v) is 9.76. The lowest BCUT2D eigenvalue weighted by Crippen LogP contribution is -2.63. The van der Waals surface area contributed by atoms with E-state index >= 15 is 0 Å². The van der Waals surface area contributed by atoms with E-state index in [-0.39, 0.29) is 47.5 Å². The van der Waals surface area contributed by atoms with Crippen molar-refractivity contribution in [3.8, 4) is 0 Å². The molecule has 0 spiro atoms. The topological polar surface area (TPSA) is 122 Å². The van der Waals surface area contributed by atoms with Crippen LogP contribution in [0, 0.1) is 35.5 Å². The van der Waals surface area contributed by atoms with Crippen LogP contribution in [0.15, 0.2) is 0 Å². The lowest BCUT2D eigenvalue weighted by Gasteiger charge is -2.52. The van der Waals surface area contributed by atoms with Crippen molar-refractivity contribution in [1.82, 2.24) is 19.9 Å². The van der Waals surface area contributed by atoms with Gasteiger partial charge < -0.3 is 10.4 Å². The summed E-state index contributed by atoms with van der Waals surface area (Å²) in [5.74, 6) is -2.74. The van der Waals surface area contributed by atoms with Gasteiger partial charge in [0.05, 0.1) is 17.8 Å². The van der Waals surface area contributed by atoms with E-state index < -0.39 is 45.8 Å². The maximum Gasteiger partial charge on any atom is 0.233 e. The number of rotatable bonds is 9. The second kappa shape index (κ2) is 12.5. The Balaban J connectivity index is 1.63. The number of amides is 4. The zero-order valence-corrected chi connectivity index (χ0v) is 30.6. The highest BCUT2D eigenvalue weighted by molar-refractivity contribution is 6.06. The number of nitrogens with zero attached hydrogens (tertiary/aromatic N) is 4. The molecule has 6 atom stereocenters. The summed E-state index contributed by atoms with van der Waals surface area (Å²) in [5.41, 5.74) is -2.46. The molecule has 4 rings (SSSR count). The van der Waals surface area contributed by atoms with Gasteiger partial charge in [0.2, 0.25) is 23.6 Å². The molecule has 10 heteroatoms. The van der Waals surface area contributed by atoms with Crippen LogP contribution in [-0.2, 0) is 19.2 Å². The molecule has 4 aliphatic rings. The Morgan fingerprint density at radius 2 is 1.02 bits per heavy atom. The number of piperidine rings is 2. The van der Waals surface area contributed by atoms with Gasteiger partial charge in [-0.05, 0) is 106 Å². The van der Waals surface area contributed by atoms with Gasteiger partial charge in [-0.2, -0.15) is 10.1 Å². The minimum Gasteiger partial charge on any atom is -0.313 e. The smallest absolute Gasteiger partial charge is 0.233 e. The van der Waals surface area contributed by atoms with Crippen molar-refractivity contribution in [1.29, 1.82) is 0 Å². The summed E-state index contributed by atoms with van der Waals surface area (Å²) >= 11 is 0. The van der Waals surface area contributed by atoms with Gasteiger partial charge in [0.15, 0.2) is 0 Å². The fraction of sp³-hybridized carbons (Fsp3) is 0.889. The Kier molecular flexibility index (Phi) is 10.1. The Bertz CT molecular complexity index is 1180. The molecule has 262 valence electrons. The van der Waals surface area contributed by atoms with E-state index in [1.807, 2.05) is 69.2 Å². The summed E-state index contributed by atoms with van der Waals surface area (Å²) in [4.78, 5) is 59.8. The third-order valence-electron chi connectivity index (χ3n) is 12.2. The zero-order chi connectivity index (χ0) is 34.9. The number of hydrogen-bond donors (Lipinski definition) is 2. The van der Waals surface area contributed by atoms with Gasteiger partial charge in [-0.3, -0.25) is 29.0 Å². The van der Waals surface area contributed by atoms with Crippen molar-refractivity contribution in [2.45, 2.75) is 169 Å². The van der Waals surface area contributed by atoms with Crippen molar-refractivity contribution in [2.75, 3.05) is 0 Å². The molecule has 4 heterocycles. The van der Waals surface area contributed by atoms with E-state index in [9.17, 15) is 29.6 Å². The molecule has 0 aromatic heterocycles. The highest BCUT2D eigenvalue weighted by atomic mass is 16.5. The predicted molar refractivity (Wildman–Crippen MR) is 175 cm³/mol. The molecule has 0 aliphatic carbocycles. The summed E-state index contributed by atoms with van der Waals surface area (Å²) in [5, 5.41) is 24.5. The Morgan fingerprint density at radius 3 is 1.41 bits per heavy atom. The molecule has 4 amide bonds. The summed E-state index contributed by atoms with van der Waals surface area (Å²) in [6.07, 6.45) is 4.40. The van der Waals surface area contributed by atoms with E-state index in [0.717, 1.165) is 6.42 Å². The Labute approximate surface area is 277 Å². The number of hydroxylamine groups is 4. The molecule has 0 aromatic carbocycles. The number of likely N-dealkylation sites (tertiary alicyclic amines) is 2. The maximum absolute atomic E-state index is 14.5. The molecule has 4 saturated heterocycles. The van der Waals surface area contributed by atoms with Gasteiger partial charge in [-0.25, -0.2) is 0 Å². The third kappa shape index (κ3) is 6.32. The van der Waals surface area contributed by atoms with Crippen molar-refractivity contribution < 1.29 is 29.6 Å². The Hall–Kier alpha value is -1.88. The summed E-state index contributed by atoms with van der Waals surface area (Å²) < 4.78 is 0. The van der Waals surface area contributed by atoms with E-state index in [4.69, 9.17) is 0 Å². The average molecular weight is 647 g/mol. The molecule has 10 nitrogen and oxygen atoms in total. The van der Waals surface area contributed by atoms with Gasteiger partial charge >= 0.3 is 0 Å². The lowest BCUT2D eigenvalue weighted by atomic mass is 9.73. The normalized spacial score (nSPS) is 33.7. The van der Waals surface area contributed by atoms with Crippen LogP contribution in [0.25, 0.3) is 0 Å². The first-order valence-corrected chi connectivity index (χ1v) is 17.7. The lowest BCUT2D eigenvalue weighted by molar-refractivity contribution is -0.250. The molecular weight excluding hydrogens is 584 g/mol.